The van der Waals surface area contributed by atoms with Crippen LogP contribution in [0, 0.1) is 0 Å². The van der Waals surface area contributed by atoms with Gasteiger partial charge in [0.1, 0.15) is 6.10 Å². The number of esters is 1. The first-order chi connectivity index (χ1) is 13.6. The first kappa shape index (κ1) is 26.4. The monoisotopic (exact) mass is 394 g/mol. The minimum absolute atomic E-state index is 0.117. The van der Waals surface area contributed by atoms with Gasteiger partial charge in [-0.1, -0.05) is 70.6 Å². The van der Waals surface area contributed by atoms with Crippen molar-refractivity contribution in [1.82, 2.24) is 0 Å². The van der Waals surface area contributed by atoms with Crippen LogP contribution in [0.15, 0.2) is 24.3 Å². The highest BCUT2D eigenvalue weighted by molar-refractivity contribution is 5.69. The molecule has 0 spiro atoms. The van der Waals surface area contributed by atoms with Crippen molar-refractivity contribution in [3.8, 4) is 0 Å². The Morgan fingerprint density at radius 2 is 1.54 bits per heavy atom. The molecule has 0 aromatic rings. The van der Waals surface area contributed by atoms with E-state index < -0.39 is 5.97 Å². The smallest absolute Gasteiger partial charge is 0.306 e. The van der Waals surface area contributed by atoms with E-state index in [2.05, 4.69) is 32.1 Å². The van der Waals surface area contributed by atoms with Crippen LogP contribution < -0.4 is 0 Å². The van der Waals surface area contributed by atoms with Gasteiger partial charge in [-0.05, 0) is 51.0 Å². The van der Waals surface area contributed by atoms with Crippen molar-refractivity contribution < 1.29 is 19.4 Å². The van der Waals surface area contributed by atoms with Crippen molar-refractivity contribution >= 4 is 11.9 Å². The van der Waals surface area contributed by atoms with Crippen LogP contribution in [0.1, 0.15) is 110 Å². The first-order valence-corrected chi connectivity index (χ1v) is 11.3. The Morgan fingerprint density at radius 1 is 0.821 bits per heavy atom. The van der Waals surface area contributed by atoms with Gasteiger partial charge >= 0.3 is 11.9 Å². The van der Waals surface area contributed by atoms with Crippen LogP contribution in [0.25, 0.3) is 0 Å². The SMILES string of the molecule is CCCCCC/C=C\C/C=C\C(CCCCCCC(=O)O)OC(=O)CCCC. The second-order valence-corrected chi connectivity index (χ2v) is 7.46. The second-order valence-electron chi connectivity index (χ2n) is 7.46. The molecule has 0 aromatic heterocycles. The molecule has 0 saturated carbocycles. The fourth-order valence-corrected chi connectivity index (χ4v) is 2.93. The third-order valence-corrected chi connectivity index (χ3v) is 4.66. The van der Waals surface area contributed by atoms with Crippen molar-refractivity contribution in [3.63, 3.8) is 0 Å². The topological polar surface area (TPSA) is 63.6 Å². The normalized spacial score (nSPS) is 12.6. The lowest BCUT2D eigenvalue weighted by molar-refractivity contribution is -0.147. The number of hydrogen-bond donors (Lipinski definition) is 1. The van der Waals surface area contributed by atoms with Gasteiger partial charge in [-0.15, -0.1) is 0 Å². The number of carbonyl (C=O) groups excluding carboxylic acids is 1. The zero-order chi connectivity index (χ0) is 20.9. The van der Waals surface area contributed by atoms with E-state index in [-0.39, 0.29) is 18.5 Å². The summed E-state index contributed by atoms with van der Waals surface area (Å²) < 4.78 is 5.63. The van der Waals surface area contributed by atoms with Gasteiger partial charge in [0.15, 0.2) is 0 Å². The zero-order valence-corrected chi connectivity index (χ0v) is 18.2. The number of hydrogen-bond acceptors (Lipinski definition) is 3. The highest BCUT2D eigenvalue weighted by Crippen LogP contribution is 2.13. The molecule has 0 fully saturated rings. The molecule has 1 atom stereocenters. The Hall–Kier alpha value is -1.58. The van der Waals surface area contributed by atoms with Gasteiger partial charge in [-0.2, -0.15) is 0 Å². The molecule has 0 aliphatic heterocycles. The van der Waals surface area contributed by atoms with Crippen molar-refractivity contribution in [2.45, 2.75) is 116 Å². The highest BCUT2D eigenvalue weighted by Gasteiger charge is 2.11. The Morgan fingerprint density at radius 3 is 2.25 bits per heavy atom. The van der Waals surface area contributed by atoms with Gasteiger partial charge in [0.25, 0.3) is 0 Å². The van der Waals surface area contributed by atoms with Crippen LogP contribution >= 0.6 is 0 Å². The average molecular weight is 395 g/mol. The van der Waals surface area contributed by atoms with Gasteiger partial charge in [-0.3, -0.25) is 9.59 Å². The number of carbonyl (C=O) groups is 2. The van der Waals surface area contributed by atoms with E-state index >= 15 is 0 Å². The summed E-state index contributed by atoms with van der Waals surface area (Å²) in [5.41, 5.74) is 0. The van der Waals surface area contributed by atoms with Crippen molar-refractivity contribution in [1.29, 1.82) is 0 Å². The van der Waals surface area contributed by atoms with Gasteiger partial charge in [-0.25, -0.2) is 0 Å². The summed E-state index contributed by atoms with van der Waals surface area (Å²) in [5.74, 6) is -0.849. The standard InChI is InChI=1S/C24H42O4/c1-3-5-7-8-9-10-11-12-15-18-22(28-24(27)21-6-4-2)19-16-13-14-17-20-23(25)26/h10-11,15,18,22H,3-9,12-14,16-17,19-21H2,1-2H3,(H,25,26)/b11-10-,18-15-. The number of allylic oxidation sites excluding steroid dienone is 3. The van der Waals surface area contributed by atoms with Crippen LogP contribution in [-0.4, -0.2) is 23.1 Å². The predicted molar refractivity (Wildman–Crippen MR) is 116 cm³/mol. The predicted octanol–water partition coefficient (Wildman–Crippen LogP) is 6.99. The van der Waals surface area contributed by atoms with Crippen LogP contribution in [0.2, 0.25) is 0 Å². The van der Waals surface area contributed by atoms with Gasteiger partial charge in [0, 0.05) is 12.8 Å². The van der Waals surface area contributed by atoms with Crippen LogP contribution in [0.5, 0.6) is 0 Å². The molecule has 0 aliphatic carbocycles. The van der Waals surface area contributed by atoms with E-state index in [0.29, 0.717) is 6.42 Å². The Balaban J connectivity index is 4.18. The molecule has 0 saturated heterocycles. The largest absolute Gasteiger partial charge is 0.481 e. The van der Waals surface area contributed by atoms with Gasteiger partial charge < -0.3 is 9.84 Å². The molecule has 1 N–H and O–H groups in total. The number of unbranched alkanes of at least 4 members (excludes halogenated alkanes) is 8. The lowest BCUT2D eigenvalue weighted by atomic mass is 10.1. The molecule has 0 aromatic carbocycles. The molecule has 28 heavy (non-hydrogen) atoms. The maximum atomic E-state index is 11.9. The third kappa shape index (κ3) is 19.2. The molecule has 0 bridgehead atoms. The zero-order valence-electron chi connectivity index (χ0n) is 18.2. The summed E-state index contributed by atoms with van der Waals surface area (Å²) in [4.78, 5) is 22.5. The molecular formula is C24H42O4. The number of carboxylic acid groups (broad SMARTS) is 1. The maximum Gasteiger partial charge on any atom is 0.306 e. The summed E-state index contributed by atoms with van der Waals surface area (Å²) in [6, 6.07) is 0. The van der Waals surface area contributed by atoms with E-state index in [1.807, 2.05) is 6.08 Å². The lowest BCUT2D eigenvalue weighted by Gasteiger charge is -2.14. The first-order valence-electron chi connectivity index (χ1n) is 11.3. The fraction of sp³-hybridized carbons (Fsp3) is 0.750. The highest BCUT2D eigenvalue weighted by atomic mass is 16.5. The number of carboxylic acids is 1. The van der Waals surface area contributed by atoms with E-state index in [1.165, 1.54) is 25.7 Å². The van der Waals surface area contributed by atoms with Crippen molar-refractivity contribution in [3.05, 3.63) is 24.3 Å². The minimum atomic E-state index is -0.732. The Bertz CT molecular complexity index is 440. The van der Waals surface area contributed by atoms with E-state index in [4.69, 9.17) is 9.84 Å². The molecule has 4 nitrogen and oxygen atoms in total. The summed E-state index contributed by atoms with van der Waals surface area (Å²) in [7, 11) is 0. The fourth-order valence-electron chi connectivity index (χ4n) is 2.93. The summed E-state index contributed by atoms with van der Waals surface area (Å²) >= 11 is 0. The summed E-state index contributed by atoms with van der Waals surface area (Å²) in [6.45, 7) is 4.29. The van der Waals surface area contributed by atoms with Gasteiger partial charge in [0.05, 0.1) is 0 Å². The third-order valence-electron chi connectivity index (χ3n) is 4.66. The molecule has 0 radical (unpaired) electrons. The van der Waals surface area contributed by atoms with Crippen LogP contribution in [-0.2, 0) is 14.3 Å². The van der Waals surface area contributed by atoms with Crippen LogP contribution in [0.3, 0.4) is 0 Å². The molecule has 0 heterocycles. The molecule has 4 heteroatoms. The van der Waals surface area contributed by atoms with Crippen molar-refractivity contribution in [2.24, 2.45) is 0 Å². The molecule has 0 aliphatic rings. The maximum absolute atomic E-state index is 11.9. The average Bonchev–Trinajstić information content (AvgIpc) is 2.67. The molecule has 0 amide bonds. The second kappa shape index (κ2) is 20.2. The quantitative estimate of drug-likeness (QED) is 0.146. The van der Waals surface area contributed by atoms with E-state index in [1.54, 1.807) is 0 Å². The van der Waals surface area contributed by atoms with Gasteiger partial charge in [0.2, 0.25) is 0 Å². The minimum Gasteiger partial charge on any atom is -0.481 e. The summed E-state index contributed by atoms with van der Waals surface area (Å²) in [5, 5.41) is 8.67. The lowest BCUT2D eigenvalue weighted by Crippen LogP contribution is -2.16. The molecule has 1 unspecified atom stereocenters. The van der Waals surface area contributed by atoms with E-state index in [9.17, 15) is 9.59 Å². The number of aliphatic carboxylic acids is 1. The number of ether oxygens (including phenoxy) is 1. The molecule has 162 valence electrons. The Kier molecular flexibility index (Phi) is 19.0. The number of rotatable bonds is 19. The molecule has 0 rings (SSSR count). The Labute approximate surface area is 172 Å². The van der Waals surface area contributed by atoms with E-state index in [0.717, 1.165) is 57.8 Å². The van der Waals surface area contributed by atoms with Crippen LogP contribution in [0.4, 0.5) is 0 Å². The molecular weight excluding hydrogens is 352 g/mol. The van der Waals surface area contributed by atoms with Crippen molar-refractivity contribution in [2.75, 3.05) is 0 Å². The summed E-state index contributed by atoms with van der Waals surface area (Å²) in [6.07, 6.45) is 22.4.